The Morgan fingerprint density at radius 1 is 1.23 bits per heavy atom. The lowest BCUT2D eigenvalue weighted by Crippen LogP contribution is -2.38. The van der Waals surface area contributed by atoms with E-state index in [1.807, 2.05) is 30.0 Å². The van der Waals surface area contributed by atoms with Crippen LogP contribution in [0, 0.1) is 5.82 Å². The molecule has 2 heterocycles. The summed E-state index contributed by atoms with van der Waals surface area (Å²) in [6, 6.07) is 9.00. The Morgan fingerprint density at radius 3 is 2.67 bits per heavy atom. The molecular weight excluding hydrogens is 405 g/mol. The number of aliphatic imine (C=N–C) groups is 1. The van der Waals surface area contributed by atoms with E-state index in [9.17, 15) is 9.50 Å². The number of hydrogen-bond donors (Lipinski definition) is 3. The highest BCUT2D eigenvalue weighted by Crippen LogP contribution is 2.24. The maximum Gasteiger partial charge on any atom is 0.191 e. The third kappa shape index (κ3) is 6.57. The van der Waals surface area contributed by atoms with Crippen LogP contribution in [0.25, 0.3) is 0 Å². The Balaban J connectivity index is 1.55. The van der Waals surface area contributed by atoms with E-state index in [1.54, 1.807) is 18.3 Å². The fourth-order valence-electron chi connectivity index (χ4n) is 3.40. The first-order valence-corrected chi connectivity index (χ1v) is 10.8. The molecule has 1 fully saturated rings. The Hall–Kier alpha value is -2.38. The van der Waals surface area contributed by atoms with Gasteiger partial charge in [0.2, 0.25) is 0 Å². The lowest BCUT2D eigenvalue weighted by molar-refractivity contribution is 0.145. The van der Waals surface area contributed by atoms with Crippen molar-refractivity contribution >= 4 is 23.2 Å². The van der Waals surface area contributed by atoms with E-state index >= 15 is 0 Å². The number of halogens is 2. The Morgan fingerprint density at radius 2 is 2.00 bits per heavy atom. The molecule has 162 valence electrons. The van der Waals surface area contributed by atoms with Crippen LogP contribution in [0.1, 0.15) is 30.9 Å². The van der Waals surface area contributed by atoms with E-state index in [1.165, 1.54) is 0 Å². The van der Waals surface area contributed by atoms with Crippen LogP contribution in [0.4, 0.5) is 10.1 Å². The second kappa shape index (κ2) is 11.1. The van der Waals surface area contributed by atoms with E-state index < -0.39 is 0 Å². The van der Waals surface area contributed by atoms with E-state index in [0.29, 0.717) is 55.8 Å². The predicted molar refractivity (Wildman–Crippen MR) is 120 cm³/mol. The zero-order valence-electron chi connectivity index (χ0n) is 17.2. The predicted octanol–water partition coefficient (Wildman–Crippen LogP) is 3.13. The average molecular weight is 434 g/mol. The van der Waals surface area contributed by atoms with Gasteiger partial charge in [-0.3, -0.25) is 0 Å². The molecule has 0 amide bonds. The number of benzene rings is 1. The molecule has 1 aromatic heterocycles. The van der Waals surface area contributed by atoms with Crippen LogP contribution < -0.4 is 15.5 Å². The van der Waals surface area contributed by atoms with Crippen LogP contribution in [0.2, 0.25) is 5.15 Å². The van der Waals surface area contributed by atoms with Gasteiger partial charge in [-0.25, -0.2) is 14.4 Å². The molecule has 3 rings (SSSR count). The highest BCUT2D eigenvalue weighted by Gasteiger charge is 2.19. The number of nitrogens with zero attached hydrogens (tertiary/aromatic N) is 3. The summed E-state index contributed by atoms with van der Waals surface area (Å²) < 4.78 is 14.6. The van der Waals surface area contributed by atoms with Crippen molar-refractivity contribution in [2.45, 2.75) is 38.8 Å². The number of hydrogen-bond acceptors (Lipinski definition) is 4. The van der Waals surface area contributed by atoms with Gasteiger partial charge in [0.15, 0.2) is 5.96 Å². The molecular formula is C22H29ClFN5O. The van der Waals surface area contributed by atoms with Gasteiger partial charge in [-0.1, -0.05) is 23.7 Å². The van der Waals surface area contributed by atoms with Crippen molar-refractivity contribution in [3.63, 3.8) is 0 Å². The molecule has 30 heavy (non-hydrogen) atoms. The van der Waals surface area contributed by atoms with E-state index in [4.69, 9.17) is 11.6 Å². The summed E-state index contributed by atoms with van der Waals surface area (Å²) in [7, 11) is 0. The van der Waals surface area contributed by atoms with Gasteiger partial charge in [-0.15, -0.1) is 0 Å². The van der Waals surface area contributed by atoms with Crippen LogP contribution in [0.5, 0.6) is 0 Å². The molecule has 0 bridgehead atoms. The first kappa shape index (κ1) is 22.3. The van der Waals surface area contributed by atoms with Crippen molar-refractivity contribution in [3.8, 4) is 0 Å². The molecule has 0 saturated carbocycles. The molecule has 8 heteroatoms. The summed E-state index contributed by atoms with van der Waals surface area (Å²) >= 11 is 5.81. The number of aliphatic hydroxyl groups excluding tert-OH is 1. The van der Waals surface area contributed by atoms with Crippen molar-refractivity contribution in [2.75, 3.05) is 31.1 Å². The lowest BCUT2D eigenvalue weighted by Gasteiger charge is -2.31. The molecule has 3 N–H and O–H groups in total. The molecule has 1 aliphatic rings. The molecule has 2 aromatic rings. The second-order valence-electron chi connectivity index (χ2n) is 7.37. The van der Waals surface area contributed by atoms with E-state index in [-0.39, 0.29) is 11.9 Å². The second-order valence-corrected chi connectivity index (χ2v) is 7.75. The molecule has 0 radical (unpaired) electrons. The van der Waals surface area contributed by atoms with Gasteiger partial charge in [-0.2, -0.15) is 0 Å². The minimum absolute atomic E-state index is 0.243. The summed E-state index contributed by atoms with van der Waals surface area (Å²) in [6.07, 6.45) is 3.64. The van der Waals surface area contributed by atoms with E-state index in [2.05, 4.69) is 20.6 Å². The maximum atomic E-state index is 14.6. The van der Waals surface area contributed by atoms with Gasteiger partial charge in [0.1, 0.15) is 11.0 Å². The van der Waals surface area contributed by atoms with Crippen LogP contribution in [-0.2, 0) is 13.0 Å². The summed E-state index contributed by atoms with van der Waals surface area (Å²) in [4.78, 5) is 10.6. The number of rotatable bonds is 7. The number of aliphatic hydroxyl groups is 1. The number of guanidine groups is 1. The van der Waals surface area contributed by atoms with Crippen molar-refractivity contribution in [1.29, 1.82) is 0 Å². The Labute approximate surface area is 182 Å². The fourth-order valence-corrected chi connectivity index (χ4v) is 3.52. The number of pyridine rings is 1. The number of nitrogens with one attached hydrogen (secondary N) is 2. The Kier molecular flexibility index (Phi) is 8.28. The molecule has 6 nitrogen and oxygen atoms in total. The Bertz CT molecular complexity index is 838. The normalized spacial score (nSPS) is 15.3. The number of anilines is 1. The number of aromatic nitrogens is 1. The summed E-state index contributed by atoms with van der Waals surface area (Å²) in [6.45, 7) is 5.17. The van der Waals surface area contributed by atoms with Crippen LogP contribution >= 0.6 is 11.6 Å². The maximum absolute atomic E-state index is 14.6. The molecule has 1 saturated heterocycles. The quantitative estimate of drug-likeness (QED) is 0.355. The van der Waals surface area contributed by atoms with Gasteiger partial charge in [0.25, 0.3) is 0 Å². The van der Waals surface area contributed by atoms with Crippen molar-refractivity contribution < 1.29 is 9.50 Å². The molecule has 0 unspecified atom stereocenters. The molecule has 0 spiro atoms. The first-order chi connectivity index (χ1) is 14.5. The highest BCUT2D eigenvalue weighted by molar-refractivity contribution is 6.29. The standard InChI is InChI=1S/C22H29ClFN5O/c1-2-25-22(26-10-7-16-4-6-21(23)27-14-16)28-15-17-3-5-20(19(24)13-17)29-11-8-18(30)9-12-29/h3-6,13-14,18,30H,2,7-12,15H2,1H3,(H2,25,26,28). The monoisotopic (exact) mass is 433 g/mol. The zero-order valence-corrected chi connectivity index (χ0v) is 18.0. The summed E-state index contributed by atoms with van der Waals surface area (Å²) in [5, 5.41) is 16.6. The highest BCUT2D eigenvalue weighted by atomic mass is 35.5. The van der Waals surface area contributed by atoms with E-state index in [0.717, 1.165) is 24.1 Å². The minimum atomic E-state index is -0.272. The zero-order chi connectivity index (χ0) is 21.3. The molecule has 1 aromatic carbocycles. The molecule has 0 atom stereocenters. The van der Waals surface area contributed by atoms with Crippen LogP contribution in [0.15, 0.2) is 41.5 Å². The lowest BCUT2D eigenvalue weighted by atomic mass is 10.1. The van der Waals surface area contributed by atoms with Gasteiger partial charge >= 0.3 is 0 Å². The first-order valence-electron chi connectivity index (χ1n) is 10.4. The molecule has 0 aliphatic carbocycles. The topological polar surface area (TPSA) is 72.8 Å². The van der Waals surface area contributed by atoms with Crippen molar-refractivity contribution in [2.24, 2.45) is 4.99 Å². The van der Waals surface area contributed by atoms with Gasteiger partial charge in [0.05, 0.1) is 18.3 Å². The fraction of sp³-hybridized carbons (Fsp3) is 0.455. The third-order valence-corrected chi connectivity index (χ3v) is 5.30. The van der Waals surface area contributed by atoms with Gasteiger partial charge in [-0.05, 0) is 55.5 Å². The average Bonchev–Trinajstić information content (AvgIpc) is 2.74. The molecule has 1 aliphatic heterocycles. The third-order valence-electron chi connectivity index (χ3n) is 5.08. The van der Waals surface area contributed by atoms with Crippen LogP contribution in [0.3, 0.4) is 0 Å². The smallest absolute Gasteiger partial charge is 0.191 e. The van der Waals surface area contributed by atoms with Crippen molar-refractivity contribution in [3.05, 3.63) is 58.6 Å². The minimum Gasteiger partial charge on any atom is -0.393 e. The summed E-state index contributed by atoms with van der Waals surface area (Å²) in [5.41, 5.74) is 2.49. The SMILES string of the molecule is CCNC(=NCc1ccc(N2CCC(O)CC2)c(F)c1)NCCc1ccc(Cl)nc1. The van der Waals surface area contributed by atoms with Crippen LogP contribution in [-0.4, -0.2) is 48.3 Å². The van der Waals surface area contributed by atoms with Crippen molar-refractivity contribution in [1.82, 2.24) is 15.6 Å². The van der Waals surface area contributed by atoms with Gasteiger partial charge in [0, 0.05) is 32.4 Å². The number of piperidine rings is 1. The largest absolute Gasteiger partial charge is 0.393 e. The van der Waals surface area contributed by atoms with Gasteiger partial charge < -0.3 is 20.6 Å². The summed E-state index contributed by atoms with van der Waals surface area (Å²) in [5.74, 6) is 0.446.